The Morgan fingerprint density at radius 3 is 1.93 bits per heavy atom. The lowest BCUT2D eigenvalue weighted by atomic mass is 9.90. The first-order chi connectivity index (χ1) is 12.9. The molecule has 1 aromatic carbocycles. The second-order valence-electron chi connectivity index (χ2n) is 6.63. The molecular weight excluding hydrogens is 364 g/mol. The summed E-state index contributed by atoms with van der Waals surface area (Å²) in [6, 6.07) is 0.674. The van der Waals surface area contributed by atoms with Gasteiger partial charge in [-0.25, -0.2) is 17.6 Å². The van der Waals surface area contributed by atoms with E-state index in [2.05, 4.69) is 6.92 Å². The van der Waals surface area contributed by atoms with Gasteiger partial charge in [-0.2, -0.15) is 0 Å². The molecule has 0 N–H and O–H groups in total. The van der Waals surface area contributed by atoms with Crippen LogP contribution in [0.1, 0.15) is 57.4 Å². The van der Waals surface area contributed by atoms with Crippen LogP contribution in [0.3, 0.4) is 0 Å². The Bertz CT molecular complexity index is 569. The van der Waals surface area contributed by atoms with Gasteiger partial charge in [0.25, 0.3) is 5.97 Å². The van der Waals surface area contributed by atoms with Crippen LogP contribution >= 0.6 is 0 Å². The summed E-state index contributed by atoms with van der Waals surface area (Å²) in [5, 5.41) is 0. The van der Waals surface area contributed by atoms with Crippen molar-refractivity contribution in [2.75, 3.05) is 21.3 Å². The van der Waals surface area contributed by atoms with E-state index < -0.39 is 35.2 Å². The number of ether oxygens (including phenoxy) is 3. The van der Waals surface area contributed by atoms with Gasteiger partial charge in [-0.15, -0.1) is 0 Å². The monoisotopic (exact) mass is 394 g/mol. The molecule has 7 heteroatoms. The van der Waals surface area contributed by atoms with E-state index in [0.717, 1.165) is 32.1 Å². The van der Waals surface area contributed by atoms with Gasteiger partial charge in [0.2, 0.25) is 0 Å². The highest BCUT2D eigenvalue weighted by atomic mass is 19.2. The van der Waals surface area contributed by atoms with E-state index in [1.54, 1.807) is 0 Å². The molecule has 0 spiro atoms. The third-order valence-corrected chi connectivity index (χ3v) is 4.90. The predicted molar refractivity (Wildman–Crippen MR) is 95.2 cm³/mol. The highest BCUT2D eigenvalue weighted by Crippen LogP contribution is 2.33. The van der Waals surface area contributed by atoms with Crippen LogP contribution in [-0.2, 0) is 20.6 Å². The second-order valence-corrected chi connectivity index (χ2v) is 6.63. The molecule has 0 amide bonds. The summed E-state index contributed by atoms with van der Waals surface area (Å²) < 4.78 is 70.6. The van der Waals surface area contributed by atoms with Gasteiger partial charge in [-0.1, -0.05) is 45.4 Å². The average Bonchev–Trinajstić information content (AvgIpc) is 2.68. The molecule has 0 saturated carbocycles. The molecule has 1 aromatic rings. The molecule has 0 bridgehead atoms. The first-order valence-corrected chi connectivity index (χ1v) is 9.34. The van der Waals surface area contributed by atoms with Crippen LogP contribution in [0, 0.1) is 29.2 Å². The topological polar surface area (TPSA) is 27.7 Å². The SMILES string of the molecule is CCCCCCCCC(Cc1cc(F)c(F)c(F)c1F)C(OC)(OC)OC. The summed E-state index contributed by atoms with van der Waals surface area (Å²) in [5.41, 5.74) is -0.280. The van der Waals surface area contributed by atoms with Crippen LogP contribution in [0.4, 0.5) is 17.6 Å². The van der Waals surface area contributed by atoms with Gasteiger partial charge in [0.05, 0.1) is 0 Å². The summed E-state index contributed by atoms with van der Waals surface area (Å²) in [6.07, 6.45) is 6.66. The molecule has 3 nitrogen and oxygen atoms in total. The van der Waals surface area contributed by atoms with Gasteiger partial charge < -0.3 is 14.2 Å². The van der Waals surface area contributed by atoms with E-state index in [1.165, 1.54) is 27.8 Å². The van der Waals surface area contributed by atoms with Crippen molar-refractivity contribution in [2.45, 2.75) is 64.3 Å². The number of unbranched alkanes of at least 4 members (excludes halogenated alkanes) is 5. The van der Waals surface area contributed by atoms with Crippen LogP contribution in [0.5, 0.6) is 0 Å². The fourth-order valence-electron chi connectivity index (χ4n) is 3.36. The van der Waals surface area contributed by atoms with E-state index in [1.807, 2.05) is 0 Å². The van der Waals surface area contributed by atoms with Gasteiger partial charge in [-0.3, -0.25) is 0 Å². The Labute approximate surface area is 159 Å². The summed E-state index contributed by atoms with van der Waals surface area (Å²) >= 11 is 0. The predicted octanol–water partition coefficient (Wildman–Crippen LogP) is 5.75. The molecule has 27 heavy (non-hydrogen) atoms. The third-order valence-electron chi connectivity index (χ3n) is 4.90. The fourth-order valence-corrected chi connectivity index (χ4v) is 3.36. The molecule has 1 unspecified atom stereocenters. The van der Waals surface area contributed by atoms with Crippen LogP contribution in [-0.4, -0.2) is 27.3 Å². The minimum Gasteiger partial charge on any atom is -0.331 e. The number of rotatable bonds is 13. The molecular formula is C20H30F4O3. The van der Waals surface area contributed by atoms with Crippen molar-refractivity contribution < 1.29 is 31.8 Å². The van der Waals surface area contributed by atoms with E-state index in [4.69, 9.17) is 14.2 Å². The van der Waals surface area contributed by atoms with Gasteiger partial charge >= 0.3 is 0 Å². The lowest BCUT2D eigenvalue weighted by molar-refractivity contribution is -0.379. The third kappa shape index (κ3) is 6.16. The maximum Gasteiger partial charge on any atom is 0.285 e. The van der Waals surface area contributed by atoms with Crippen molar-refractivity contribution in [3.05, 3.63) is 34.9 Å². The van der Waals surface area contributed by atoms with E-state index in [-0.39, 0.29) is 12.0 Å². The maximum absolute atomic E-state index is 14.1. The Morgan fingerprint density at radius 1 is 0.815 bits per heavy atom. The smallest absolute Gasteiger partial charge is 0.285 e. The Kier molecular flexibility index (Phi) is 10.3. The van der Waals surface area contributed by atoms with Gasteiger partial charge in [0.15, 0.2) is 23.3 Å². The number of hydrogen-bond acceptors (Lipinski definition) is 3. The van der Waals surface area contributed by atoms with Gasteiger partial charge in [0, 0.05) is 27.2 Å². The second kappa shape index (κ2) is 11.6. The molecule has 0 aliphatic heterocycles. The minimum absolute atomic E-state index is 0.121. The molecule has 1 atom stereocenters. The summed E-state index contributed by atoms with van der Waals surface area (Å²) in [6.45, 7) is 2.13. The number of benzene rings is 1. The molecule has 0 saturated heterocycles. The Morgan fingerprint density at radius 2 is 1.37 bits per heavy atom. The number of methoxy groups -OCH3 is 3. The Hall–Kier alpha value is -1.18. The van der Waals surface area contributed by atoms with Gasteiger partial charge in [0.1, 0.15) is 0 Å². The van der Waals surface area contributed by atoms with Crippen molar-refractivity contribution in [1.29, 1.82) is 0 Å². The molecule has 0 aliphatic carbocycles. The number of hydrogen-bond donors (Lipinski definition) is 0. The zero-order chi connectivity index (χ0) is 20.4. The van der Waals surface area contributed by atoms with Crippen molar-refractivity contribution in [1.82, 2.24) is 0 Å². The zero-order valence-corrected chi connectivity index (χ0v) is 16.5. The normalized spacial score (nSPS) is 13.2. The maximum atomic E-state index is 14.1. The highest BCUT2D eigenvalue weighted by Gasteiger charge is 2.40. The number of halogens is 4. The molecule has 0 radical (unpaired) electrons. The highest BCUT2D eigenvalue weighted by molar-refractivity contribution is 5.22. The molecule has 0 aliphatic rings. The van der Waals surface area contributed by atoms with Crippen LogP contribution < -0.4 is 0 Å². The molecule has 0 aromatic heterocycles. The van der Waals surface area contributed by atoms with E-state index in [0.29, 0.717) is 12.5 Å². The Balaban J connectivity index is 2.98. The zero-order valence-electron chi connectivity index (χ0n) is 16.5. The van der Waals surface area contributed by atoms with Crippen LogP contribution in [0.2, 0.25) is 0 Å². The molecule has 0 fully saturated rings. The van der Waals surface area contributed by atoms with Crippen LogP contribution in [0.25, 0.3) is 0 Å². The van der Waals surface area contributed by atoms with Crippen molar-refractivity contribution in [3.63, 3.8) is 0 Å². The molecule has 1 rings (SSSR count). The van der Waals surface area contributed by atoms with Crippen molar-refractivity contribution in [3.8, 4) is 0 Å². The van der Waals surface area contributed by atoms with E-state index in [9.17, 15) is 17.6 Å². The van der Waals surface area contributed by atoms with Crippen molar-refractivity contribution >= 4 is 0 Å². The summed E-state index contributed by atoms with van der Waals surface area (Å²) in [4.78, 5) is 0. The summed E-state index contributed by atoms with van der Waals surface area (Å²) in [5.74, 6) is -8.50. The first kappa shape index (κ1) is 23.9. The lowest BCUT2D eigenvalue weighted by Crippen LogP contribution is -2.45. The molecule has 0 heterocycles. The minimum atomic E-state index is -1.82. The molecule has 156 valence electrons. The largest absolute Gasteiger partial charge is 0.331 e. The standard InChI is InChI=1S/C20H30F4O3/c1-5-6-7-8-9-10-11-15(20(25-2,26-3)27-4)12-14-13-16(21)18(23)19(24)17(14)22/h13,15H,5-12H2,1-4H3. The van der Waals surface area contributed by atoms with Gasteiger partial charge in [-0.05, 0) is 24.5 Å². The van der Waals surface area contributed by atoms with Crippen molar-refractivity contribution in [2.24, 2.45) is 5.92 Å². The summed E-state index contributed by atoms with van der Waals surface area (Å²) in [7, 11) is 4.14. The quantitative estimate of drug-likeness (QED) is 0.140. The lowest BCUT2D eigenvalue weighted by Gasteiger charge is -2.36. The fraction of sp³-hybridized carbons (Fsp3) is 0.700. The van der Waals surface area contributed by atoms with E-state index >= 15 is 0 Å². The average molecular weight is 394 g/mol. The first-order valence-electron chi connectivity index (χ1n) is 9.34. The van der Waals surface area contributed by atoms with Crippen LogP contribution in [0.15, 0.2) is 6.07 Å².